The maximum Gasteiger partial charge on any atom is 0.234 e. The standard InChI is InChI=1S/C22H26N6O/c29-22(18-26-14-16-27(17-15-26)21-4-1-2-10-23-21)24-12-9-19-5-7-20(8-6-19)28-13-3-11-25-28/h1-8,10-11,13H,9,12,14-18H2,(H,24,29). The molecule has 1 aliphatic heterocycles. The zero-order chi connectivity index (χ0) is 19.9. The Morgan fingerprint density at radius 3 is 2.48 bits per heavy atom. The summed E-state index contributed by atoms with van der Waals surface area (Å²) in [5, 5.41) is 7.27. The second-order valence-electron chi connectivity index (χ2n) is 7.17. The molecule has 1 saturated heterocycles. The van der Waals surface area contributed by atoms with Gasteiger partial charge in [0.1, 0.15) is 5.82 Å². The van der Waals surface area contributed by atoms with E-state index in [1.807, 2.05) is 53.5 Å². The van der Waals surface area contributed by atoms with Gasteiger partial charge in [-0.3, -0.25) is 9.69 Å². The molecule has 1 aliphatic rings. The van der Waals surface area contributed by atoms with Crippen molar-refractivity contribution in [3.63, 3.8) is 0 Å². The van der Waals surface area contributed by atoms with E-state index >= 15 is 0 Å². The number of hydrogen-bond donors (Lipinski definition) is 1. The summed E-state index contributed by atoms with van der Waals surface area (Å²) in [6.07, 6.45) is 6.33. The highest BCUT2D eigenvalue weighted by Gasteiger charge is 2.19. The van der Waals surface area contributed by atoms with Gasteiger partial charge in [0.25, 0.3) is 0 Å². The number of carbonyl (C=O) groups excluding carboxylic acids is 1. The first-order valence-corrected chi connectivity index (χ1v) is 10.0. The molecule has 1 amide bonds. The number of nitrogens with one attached hydrogen (secondary N) is 1. The van der Waals surface area contributed by atoms with Gasteiger partial charge in [0, 0.05) is 51.3 Å². The average Bonchev–Trinajstić information content (AvgIpc) is 3.30. The first kappa shape index (κ1) is 19.1. The Bertz CT molecular complexity index is 887. The molecule has 150 valence electrons. The lowest BCUT2D eigenvalue weighted by Crippen LogP contribution is -2.49. The van der Waals surface area contributed by atoms with Gasteiger partial charge in [0.2, 0.25) is 5.91 Å². The van der Waals surface area contributed by atoms with Crippen LogP contribution in [0.4, 0.5) is 5.82 Å². The Morgan fingerprint density at radius 1 is 0.966 bits per heavy atom. The van der Waals surface area contributed by atoms with Gasteiger partial charge in [-0.25, -0.2) is 9.67 Å². The molecule has 4 rings (SSSR count). The van der Waals surface area contributed by atoms with Gasteiger partial charge in [-0.05, 0) is 42.3 Å². The van der Waals surface area contributed by atoms with Crippen molar-refractivity contribution in [1.29, 1.82) is 0 Å². The van der Waals surface area contributed by atoms with E-state index in [2.05, 4.69) is 37.3 Å². The molecule has 2 aromatic heterocycles. The highest BCUT2D eigenvalue weighted by atomic mass is 16.2. The van der Waals surface area contributed by atoms with Crippen LogP contribution in [0.15, 0.2) is 67.1 Å². The smallest absolute Gasteiger partial charge is 0.234 e. The van der Waals surface area contributed by atoms with Crippen LogP contribution in [-0.4, -0.2) is 64.8 Å². The molecule has 3 heterocycles. The van der Waals surface area contributed by atoms with Crippen LogP contribution in [0, 0.1) is 0 Å². The van der Waals surface area contributed by atoms with Gasteiger partial charge in [-0.1, -0.05) is 18.2 Å². The maximum absolute atomic E-state index is 12.3. The highest BCUT2D eigenvalue weighted by Crippen LogP contribution is 2.12. The summed E-state index contributed by atoms with van der Waals surface area (Å²) in [6.45, 7) is 4.64. The van der Waals surface area contributed by atoms with E-state index in [0.717, 1.165) is 44.1 Å². The zero-order valence-electron chi connectivity index (χ0n) is 16.4. The number of amides is 1. The lowest BCUT2D eigenvalue weighted by molar-refractivity contribution is -0.122. The maximum atomic E-state index is 12.3. The third kappa shape index (κ3) is 5.20. The lowest BCUT2D eigenvalue weighted by atomic mass is 10.1. The molecule has 3 aromatic rings. The van der Waals surface area contributed by atoms with Crippen molar-refractivity contribution >= 4 is 11.7 Å². The van der Waals surface area contributed by atoms with Crippen LogP contribution in [0.2, 0.25) is 0 Å². The van der Waals surface area contributed by atoms with E-state index in [9.17, 15) is 4.79 Å². The first-order valence-electron chi connectivity index (χ1n) is 10.0. The van der Waals surface area contributed by atoms with Crippen LogP contribution in [0.1, 0.15) is 5.56 Å². The summed E-state index contributed by atoms with van der Waals surface area (Å²) < 4.78 is 1.83. The fourth-order valence-electron chi connectivity index (χ4n) is 3.52. The number of benzene rings is 1. The summed E-state index contributed by atoms with van der Waals surface area (Å²) in [4.78, 5) is 21.1. The van der Waals surface area contributed by atoms with Crippen molar-refractivity contribution in [1.82, 2.24) is 25.0 Å². The van der Waals surface area contributed by atoms with Crippen molar-refractivity contribution in [3.8, 4) is 5.69 Å². The van der Waals surface area contributed by atoms with E-state index in [-0.39, 0.29) is 5.91 Å². The lowest BCUT2D eigenvalue weighted by Gasteiger charge is -2.34. The minimum Gasteiger partial charge on any atom is -0.355 e. The van der Waals surface area contributed by atoms with Gasteiger partial charge in [-0.2, -0.15) is 5.10 Å². The average molecular weight is 390 g/mol. The van der Waals surface area contributed by atoms with Crippen LogP contribution in [0.5, 0.6) is 0 Å². The molecule has 0 saturated carbocycles. The zero-order valence-corrected chi connectivity index (χ0v) is 16.4. The van der Waals surface area contributed by atoms with Crippen LogP contribution in [-0.2, 0) is 11.2 Å². The second kappa shape index (κ2) is 9.34. The summed E-state index contributed by atoms with van der Waals surface area (Å²) in [5.41, 5.74) is 2.23. The second-order valence-corrected chi connectivity index (χ2v) is 7.17. The molecular weight excluding hydrogens is 364 g/mol. The van der Waals surface area contributed by atoms with Gasteiger partial charge in [-0.15, -0.1) is 0 Å². The van der Waals surface area contributed by atoms with Crippen molar-refractivity contribution < 1.29 is 4.79 Å². The summed E-state index contributed by atoms with van der Waals surface area (Å²) in [6, 6.07) is 16.1. The molecule has 7 heteroatoms. The van der Waals surface area contributed by atoms with Crippen molar-refractivity contribution in [3.05, 3.63) is 72.7 Å². The number of aromatic nitrogens is 3. The van der Waals surface area contributed by atoms with Crippen LogP contribution >= 0.6 is 0 Å². The Labute approximate surface area is 171 Å². The molecule has 0 spiro atoms. The van der Waals surface area contributed by atoms with Gasteiger partial charge in [0.15, 0.2) is 0 Å². The molecule has 0 atom stereocenters. The Kier molecular flexibility index (Phi) is 6.16. The molecule has 1 fully saturated rings. The minimum absolute atomic E-state index is 0.0875. The van der Waals surface area contributed by atoms with Crippen molar-refractivity contribution in [2.75, 3.05) is 44.2 Å². The predicted molar refractivity (Wildman–Crippen MR) is 113 cm³/mol. The number of anilines is 1. The van der Waals surface area contributed by atoms with Crippen molar-refractivity contribution in [2.45, 2.75) is 6.42 Å². The Morgan fingerprint density at radius 2 is 1.79 bits per heavy atom. The van der Waals surface area contributed by atoms with E-state index in [1.54, 1.807) is 6.20 Å². The number of hydrogen-bond acceptors (Lipinski definition) is 5. The monoisotopic (exact) mass is 390 g/mol. The molecule has 7 nitrogen and oxygen atoms in total. The first-order chi connectivity index (χ1) is 14.3. The molecule has 1 N–H and O–H groups in total. The largest absolute Gasteiger partial charge is 0.355 e. The quantitative estimate of drug-likeness (QED) is 0.666. The third-order valence-electron chi connectivity index (χ3n) is 5.15. The third-order valence-corrected chi connectivity index (χ3v) is 5.15. The SMILES string of the molecule is O=C(CN1CCN(c2ccccn2)CC1)NCCc1ccc(-n2cccn2)cc1. The number of nitrogens with zero attached hydrogens (tertiary/aromatic N) is 5. The molecule has 29 heavy (non-hydrogen) atoms. The number of piperazine rings is 1. The molecular formula is C22H26N6O. The number of rotatable bonds is 7. The summed E-state index contributed by atoms with van der Waals surface area (Å²) in [5.74, 6) is 1.10. The Balaban J connectivity index is 1.16. The van der Waals surface area contributed by atoms with E-state index in [4.69, 9.17) is 0 Å². The molecule has 0 unspecified atom stereocenters. The summed E-state index contributed by atoms with van der Waals surface area (Å²) >= 11 is 0. The molecule has 0 bridgehead atoms. The van der Waals surface area contributed by atoms with E-state index in [0.29, 0.717) is 13.1 Å². The van der Waals surface area contributed by atoms with Crippen molar-refractivity contribution in [2.24, 2.45) is 0 Å². The Hall–Kier alpha value is -3.19. The van der Waals surface area contributed by atoms with E-state index < -0.39 is 0 Å². The molecule has 0 aliphatic carbocycles. The molecule has 1 aromatic carbocycles. The fourth-order valence-corrected chi connectivity index (χ4v) is 3.52. The molecule has 0 radical (unpaired) electrons. The van der Waals surface area contributed by atoms with Gasteiger partial charge < -0.3 is 10.2 Å². The highest BCUT2D eigenvalue weighted by molar-refractivity contribution is 5.78. The van der Waals surface area contributed by atoms with Gasteiger partial charge >= 0.3 is 0 Å². The minimum atomic E-state index is 0.0875. The van der Waals surface area contributed by atoms with E-state index in [1.165, 1.54) is 5.56 Å². The normalized spacial score (nSPS) is 14.7. The van der Waals surface area contributed by atoms with Crippen LogP contribution in [0.25, 0.3) is 5.69 Å². The number of carbonyl (C=O) groups is 1. The van der Waals surface area contributed by atoms with Crippen LogP contribution < -0.4 is 10.2 Å². The topological polar surface area (TPSA) is 66.3 Å². The predicted octanol–water partition coefficient (Wildman–Crippen LogP) is 1.75. The fraction of sp³-hybridized carbons (Fsp3) is 0.318. The van der Waals surface area contributed by atoms with Crippen LogP contribution in [0.3, 0.4) is 0 Å². The van der Waals surface area contributed by atoms with Gasteiger partial charge in [0.05, 0.1) is 12.2 Å². The summed E-state index contributed by atoms with van der Waals surface area (Å²) in [7, 11) is 0. The number of pyridine rings is 1.